The van der Waals surface area contributed by atoms with E-state index in [1.807, 2.05) is 6.07 Å². The van der Waals surface area contributed by atoms with Crippen LogP contribution in [0.1, 0.15) is 22.5 Å². The lowest BCUT2D eigenvalue weighted by molar-refractivity contribution is 0.220. The summed E-state index contributed by atoms with van der Waals surface area (Å²) in [5.41, 5.74) is 2.85. The van der Waals surface area contributed by atoms with Crippen molar-refractivity contribution in [3.05, 3.63) is 105 Å². The van der Waals surface area contributed by atoms with Crippen LogP contribution in [0.15, 0.2) is 64.0 Å². The van der Waals surface area contributed by atoms with E-state index in [9.17, 15) is 9.18 Å². The Morgan fingerprint density at radius 2 is 2.00 bits per heavy atom. The molecule has 0 bridgehead atoms. The van der Waals surface area contributed by atoms with E-state index in [0.717, 1.165) is 25.6 Å². The maximum Gasteiger partial charge on any atom is 0.227 e. The summed E-state index contributed by atoms with van der Waals surface area (Å²) in [6.07, 6.45) is 2.25. The highest BCUT2D eigenvalue weighted by molar-refractivity contribution is 5.46. The number of fused-ring (bicyclic) bond motifs is 1. The fourth-order valence-corrected chi connectivity index (χ4v) is 3.41. The SMILES string of the molecule is [C-]#[N+]c1ccc(COc2coc(CN3CCc4ccccc4C3)cc2=O)c(F)c1. The molecule has 2 heterocycles. The lowest BCUT2D eigenvalue weighted by Gasteiger charge is -2.28. The van der Waals surface area contributed by atoms with E-state index < -0.39 is 5.82 Å². The lowest BCUT2D eigenvalue weighted by Crippen LogP contribution is -2.30. The predicted molar refractivity (Wildman–Crippen MR) is 106 cm³/mol. The van der Waals surface area contributed by atoms with Gasteiger partial charge in [0.15, 0.2) is 5.69 Å². The van der Waals surface area contributed by atoms with Crippen LogP contribution in [0.2, 0.25) is 0 Å². The van der Waals surface area contributed by atoms with Gasteiger partial charge >= 0.3 is 0 Å². The molecule has 6 heteroatoms. The van der Waals surface area contributed by atoms with Gasteiger partial charge in [-0.15, -0.1) is 0 Å². The summed E-state index contributed by atoms with van der Waals surface area (Å²) in [6, 6.07) is 13.9. The minimum Gasteiger partial charge on any atom is -0.482 e. The van der Waals surface area contributed by atoms with Gasteiger partial charge in [0.05, 0.1) is 13.1 Å². The van der Waals surface area contributed by atoms with Gasteiger partial charge in [0.2, 0.25) is 11.2 Å². The largest absolute Gasteiger partial charge is 0.482 e. The highest BCUT2D eigenvalue weighted by Crippen LogP contribution is 2.21. The zero-order chi connectivity index (χ0) is 20.2. The number of halogens is 1. The van der Waals surface area contributed by atoms with Crippen LogP contribution >= 0.6 is 0 Å². The fraction of sp³-hybridized carbons (Fsp3) is 0.217. The van der Waals surface area contributed by atoms with Gasteiger partial charge in [0.25, 0.3) is 0 Å². The standard InChI is InChI=1S/C23H19FN2O3/c1-25-19-7-6-18(21(24)10-19)14-29-23-15-28-20(11-22(23)27)13-26-9-8-16-4-2-3-5-17(16)12-26/h2-7,10-11,15H,8-9,12-14H2. The number of hydrogen-bond acceptors (Lipinski definition) is 4. The van der Waals surface area contributed by atoms with Gasteiger partial charge in [0, 0.05) is 24.7 Å². The quantitative estimate of drug-likeness (QED) is 0.603. The molecule has 0 saturated heterocycles. The minimum absolute atomic E-state index is 0.0337. The van der Waals surface area contributed by atoms with Crippen molar-refractivity contribution >= 4 is 5.69 Å². The topological polar surface area (TPSA) is 47.0 Å². The van der Waals surface area contributed by atoms with Crippen molar-refractivity contribution in [1.29, 1.82) is 0 Å². The average Bonchev–Trinajstić information content (AvgIpc) is 2.74. The van der Waals surface area contributed by atoms with Crippen molar-refractivity contribution < 1.29 is 13.5 Å². The molecule has 0 atom stereocenters. The molecule has 146 valence electrons. The maximum absolute atomic E-state index is 13.9. The molecule has 0 radical (unpaired) electrons. The van der Waals surface area contributed by atoms with E-state index in [2.05, 4.69) is 27.9 Å². The number of hydrogen-bond donors (Lipinski definition) is 0. The van der Waals surface area contributed by atoms with Crippen LogP contribution in [-0.4, -0.2) is 11.4 Å². The Labute approximate surface area is 167 Å². The van der Waals surface area contributed by atoms with Crippen LogP contribution in [-0.2, 0) is 26.1 Å². The number of benzene rings is 2. The van der Waals surface area contributed by atoms with E-state index in [1.165, 1.54) is 35.6 Å². The molecule has 0 N–H and O–H groups in total. The van der Waals surface area contributed by atoms with Crippen LogP contribution < -0.4 is 10.2 Å². The summed E-state index contributed by atoms with van der Waals surface area (Å²) >= 11 is 0. The molecule has 1 aliphatic rings. The van der Waals surface area contributed by atoms with E-state index >= 15 is 0 Å². The first-order valence-electron chi connectivity index (χ1n) is 9.32. The molecule has 0 fully saturated rings. The molecule has 2 aromatic carbocycles. The molecular weight excluding hydrogens is 371 g/mol. The Bertz CT molecular complexity index is 1130. The van der Waals surface area contributed by atoms with Gasteiger partial charge in [-0.25, -0.2) is 9.24 Å². The average molecular weight is 390 g/mol. The number of rotatable bonds is 5. The van der Waals surface area contributed by atoms with E-state index in [0.29, 0.717) is 12.3 Å². The first-order chi connectivity index (χ1) is 14.1. The Morgan fingerprint density at radius 1 is 1.17 bits per heavy atom. The summed E-state index contributed by atoms with van der Waals surface area (Å²) in [4.78, 5) is 17.8. The summed E-state index contributed by atoms with van der Waals surface area (Å²) in [6.45, 7) is 9.04. The monoisotopic (exact) mass is 390 g/mol. The van der Waals surface area contributed by atoms with Gasteiger partial charge in [-0.1, -0.05) is 36.4 Å². The van der Waals surface area contributed by atoms with Gasteiger partial charge in [0.1, 0.15) is 24.4 Å². The second-order valence-corrected chi connectivity index (χ2v) is 6.98. The molecule has 1 aromatic heterocycles. The molecule has 0 saturated carbocycles. The molecule has 0 aliphatic carbocycles. The zero-order valence-electron chi connectivity index (χ0n) is 15.7. The van der Waals surface area contributed by atoms with E-state index in [1.54, 1.807) is 0 Å². The smallest absolute Gasteiger partial charge is 0.227 e. The molecule has 5 nitrogen and oxygen atoms in total. The normalized spacial score (nSPS) is 13.5. The molecule has 0 unspecified atom stereocenters. The van der Waals surface area contributed by atoms with Crippen molar-refractivity contribution in [3.63, 3.8) is 0 Å². The van der Waals surface area contributed by atoms with Crippen molar-refractivity contribution in [2.24, 2.45) is 0 Å². The van der Waals surface area contributed by atoms with Gasteiger partial charge < -0.3 is 9.15 Å². The second kappa shape index (κ2) is 8.29. The van der Waals surface area contributed by atoms with E-state index in [4.69, 9.17) is 15.7 Å². The molecule has 0 amide bonds. The molecule has 0 spiro atoms. The first-order valence-corrected chi connectivity index (χ1v) is 9.32. The minimum atomic E-state index is -0.537. The van der Waals surface area contributed by atoms with Crippen LogP contribution in [0.4, 0.5) is 10.1 Å². The third-order valence-electron chi connectivity index (χ3n) is 4.99. The van der Waals surface area contributed by atoms with Crippen molar-refractivity contribution in [3.8, 4) is 5.75 Å². The highest BCUT2D eigenvalue weighted by atomic mass is 19.1. The Morgan fingerprint density at radius 3 is 2.76 bits per heavy atom. The van der Waals surface area contributed by atoms with Crippen molar-refractivity contribution in [1.82, 2.24) is 4.90 Å². The fourth-order valence-electron chi connectivity index (χ4n) is 3.41. The Balaban J connectivity index is 1.40. The maximum atomic E-state index is 13.9. The van der Waals surface area contributed by atoms with Gasteiger partial charge in [-0.05, 0) is 23.6 Å². The summed E-state index contributed by atoms with van der Waals surface area (Å²) in [5.74, 6) is 0.0607. The third-order valence-corrected chi connectivity index (χ3v) is 4.99. The lowest BCUT2D eigenvalue weighted by atomic mass is 10.00. The van der Waals surface area contributed by atoms with Gasteiger partial charge in [-0.2, -0.15) is 0 Å². The number of ether oxygens (including phenoxy) is 1. The first kappa shape index (κ1) is 18.9. The molecule has 4 rings (SSSR count). The molecule has 3 aromatic rings. The summed E-state index contributed by atoms with van der Waals surface area (Å²) in [7, 11) is 0. The highest BCUT2D eigenvalue weighted by Gasteiger charge is 2.17. The van der Waals surface area contributed by atoms with Crippen LogP contribution in [0.5, 0.6) is 5.75 Å². The Kier molecular flexibility index (Phi) is 5.41. The van der Waals surface area contributed by atoms with Crippen LogP contribution in [0.25, 0.3) is 4.85 Å². The summed E-state index contributed by atoms with van der Waals surface area (Å²) < 4.78 is 25.0. The Hall–Kier alpha value is -3.43. The predicted octanol–water partition coefficient (Wildman–Crippen LogP) is 4.47. The molecular formula is C23H19FN2O3. The second-order valence-electron chi connectivity index (χ2n) is 6.98. The van der Waals surface area contributed by atoms with Crippen molar-refractivity contribution in [2.45, 2.75) is 26.1 Å². The zero-order valence-corrected chi connectivity index (χ0v) is 15.7. The third kappa shape index (κ3) is 4.36. The number of nitrogens with zero attached hydrogens (tertiary/aromatic N) is 2. The van der Waals surface area contributed by atoms with Crippen LogP contribution in [0.3, 0.4) is 0 Å². The van der Waals surface area contributed by atoms with Crippen molar-refractivity contribution in [2.75, 3.05) is 6.54 Å². The molecule has 29 heavy (non-hydrogen) atoms. The van der Waals surface area contributed by atoms with Crippen LogP contribution in [0, 0.1) is 12.4 Å². The van der Waals surface area contributed by atoms with Gasteiger partial charge in [-0.3, -0.25) is 9.69 Å². The van der Waals surface area contributed by atoms with E-state index in [-0.39, 0.29) is 29.0 Å². The summed E-state index contributed by atoms with van der Waals surface area (Å²) in [5, 5.41) is 0. The molecule has 1 aliphatic heterocycles.